The molecule has 1 aliphatic rings. The fraction of sp³-hybridized carbons (Fsp3) is 0.320. The number of carbonyl (C=O) groups is 1. The van der Waals surface area contributed by atoms with Crippen molar-refractivity contribution >= 4 is 28.3 Å². The molecule has 5 rings (SSSR count). The van der Waals surface area contributed by atoms with Gasteiger partial charge >= 0.3 is 0 Å². The van der Waals surface area contributed by atoms with Gasteiger partial charge in [-0.05, 0) is 44.4 Å². The largest absolute Gasteiger partial charge is 0.360 e. The number of anilines is 2. The number of piperidine rings is 1. The van der Waals surface area contributed by atoms with Crippen molar-refractivity contribution in [2.75, 3.05) is 11.9 Å². The molecule has 8 nitrogen and oxygen atoms in total. The lowest BCUT2D eigenvalue weighted by atomic mass is 9.92. The number of aromatic amines is 1. The minimum atomic E-state index is 0.0691. The molecule has 2 N–H and O–H groups in total. The Morgan fingerprint density at radius 2 is 1.97 bits per heavy atom. The third-order valence-corrected chi connectivity index (χ3v) is 6.29. The Balaban J connectivity index is 1.59. The first-order valence-electron chi connectivity index (χ1n) is 11.2. The van der Waals surface area contributed by atoms with E-state index in [1.165, 1.54) is 0 Å². The van der Waals surface area contributed by atoms with Gasteiger partial charge in [-0.25, -0.2) is 9.97 Å². The molecule has 0 saturated carbocycles. The lowest BCUT2D eigenvalue weighted by Gasteiger charge is -2.37. The van der Waals surface area contributed by atoms with E-state index < -0.39 is 0 Å². The number of carbonyl (C=O) groups excluding carboxylic acids is 1. The molecule has 8 heteroatoms. The minimum absolute atomic E-state index is 0.0691. The summed E-state index contributed by atoms with van der Waals surface area (Å²) in [5, 5.41) is 4.45. The molecular weight excluding hydrogens is 414 g/mol. The van der Waals surface area contributed by atoms with Crippen molar-refractivity contribution in [1.29, 1.82) is 0 Å². The maximum Gasteiger partial charge on any atom is 0.219 e. The molecular formula is C25H27N7O. The fourth-order valence-electron chi connectivity index (χ4n) is 4.56. The number of hydrogen-bond donors (Lipinski definition) is 2. The summed E-state index contributed by atoms with van der Waals surface area (Å²) in [6.45, 7) is 6.36. The molecule has 1 fully saturated rings. The minimum Gasteiger partial charge on any atom is -0.360 e. The number of amides is 1. The smallest absolute Gasteiger partial charge is 0.219 e. The van der Waals surface area contributed by atoms with Gasteiger partial charge < -0.3 is 15.2 Å². The average Bonchev–Trinajstić information content (AvgIpc) is 3.28. The molecule has 168 valence electrons. The number of nitrogens with one attached hydrogen (secondary N) is 2. The Bertz CT molecular complexity index is 1320. The van der Waals surface area contributed by atoms with E-state index in [9.17, 15) is 4.79 Å². The van der Waals surface area contributed by atoms with E-state index in [2.05, 4.69) is 27.2 Å². The van der Waals surface area contributed by atoms with Crippen LogP contribution >= 0.6 is 0 Å². The Morgan fingerprint density at radius 3 is 2.79 bits per heavy atom. The molecule has 0 spiro atoms. The van der Waals surface area contributed by atoms with Gasteiger partial charge in [0.05, 0.1) is 29.3 Å². The molecule has 33 heavy (non-hydrogen) atoms. The van der Waals surface area contributed by atoms with Crippen molar-refractivity contribution in [3.05, 3.63) is 60.6 Å². The Labute approximate surface area is 192 Å². The summed E-state index contributed by atoms with van der Waals surface area (Å²) in [4.78, 5) is 35.9. The molecule has 0 unspecified atom stereocenters. The summed E-state index contributed by atoms with van der Waals surface area (Å²) in [6, 6.07) is 6.24. The lowest BCUT2D eigenvalue weighted by molar-refractivity contribution is -0.132. The summed E-state index contributed by atoms with van der Waals surface area (Å²) in [6.07, 6.45) is 11.0. The highest BCUT2D eigenvalue weighted by Crippen LogP contribution is 2.33. The predicted molar refractivity (Wildman–Crippen MR) is 128 cm³/mol. The van der Waals surface area contributed by atoms with Crippen molar-refractivity contribution in [2.24, 2.45) is 0 Å². The topological polar surface area (TPSA) is 99.7 Å². The van der Waals surface area contributed by atoms with E-state index in [4.69, 9.17) is 9.97 Å². The maximum absolute atomic E-state index is 12.2. The van der Waals surface area contributed by atoms with Crippen LogP contribution < -0.4 is 5.32 Å². The zero-order valence-electron chi connectivity index (χ0n) is 19.0. The zero-order chi connectivity index (χ0) is 22.9. The molecule has 5 heterocycles. The van der Waals surface area contributed by atoms with Crippen molar-refractivity contribution < 1.29 is 4.79 Å². The summed E-state index contributed by atoms with van der Waals surface area (Å²) in [7, 11) is 0. The molecule has 0 aromatic carbocycles. The van der Waals surface area contributed by atoms with Gasteiger partial charge in [-0.3, -0.25) is 14.8 Å². The van der Waals surface area contributed by atoms with Crippen LogP contribution in [0, 0.1) is 6.92 Å². The first-order valence-corrected chi connectivity index (χ1v) is 11.2. The van der Waals surface area contributed by atoms with Gasteiger partial charge in [0.2, 0.25) is 5.91 Å². The summed E-state index contributed by atoms with van der Waals surface area (Å²) in [5.74, 6) is 1.60. The summed E-state index contributed by atoms with van der Waals surface area (Å²) in [5.41, 5.74) is 4.63. The van der Waals surface area contributed by atoms with E-state index in [1.54, 1.807) is 13.1 Å². The van der Waals surface area contributed by atoms with Crippen molar-refractivity contribution in [3.63, 3.8) is 0 Å². The van der Waals surface area contributed by atoms with E-state index in [1.807, 2.05) is 54.8 Å². The maximum atomic E-state index is 12.2. The third kappa shape index (κ3) is 4.28. The van der Waals surface area contributed by atoms with E-state index in [0.717, 1.165) is 52.1 Å². The van der Waals surface area contributed by atoms with Gasteiger partial charge in [0.1, 0.15) is 11.6 Å². The van der Waals surface area contributed by atoms with Crippen LogP contribution in [-0.4, -0.2) is 48.3 Å². The number of rotatable bonds is 4. The highest BCUT2D eigenvalue weighted by atomic mass is 16.2. The van der Waals surface area contributed by atoms with Crippen LogP contribution in [-0.2, 0) is 4.79 Å². The molecule has 1 amide bonds. The number of H-pyrrole nitrogens is 1. The number of fused-ring (bicyclic) bond motifs is 1. The third-order valence-electron chi connectivity index (χ3n) is 6.29. The number of pyridine rings is 2. The summed E-state index contributed by atoms with van der Waals surface area (Å²) < 4.78 is 0. The predicted octanol–water partition coefficient (Wildman–Crippen LogP) is 4.58. The van der Waals surface area contributed by atoms with E-state index in [0.29, 0.717) is 12.4 Å². The molecule has 0 bridgehead atoms. The zero-order valence-corrected chi connectivity index (χ0v) is 19.0. The van der Waals surface area contributed by atoms with Gasteiger partial charge in [-0.15, -0.1) is 0 Å². The Morgan fingerprint density at radius 1 is 1.12 bits per heavy atom. The van der Waals surface area contributed by atoms with Crippen LogP contribution in [0.2, 0.25) is 0 Å². The second-order valence-electron chi connectivity index (χ2n) is 8.79. The fourth-order valence-corrected chi connectivity index (χ4v) is 4.56. The monoisotopic (exact) mass is 441 g/mol. The molecule has 1 aliphatic heterocycles. The average molecular weight is 442 g/mol. The van der Waals surface area contributed by atoms with Gasteiger partial charge in [-0.2, -0.15) is 0 Å². The van der Waals surface area contributed by atoms with Crippen LogP contribution in [0.15, 0.2) is 49.2 Å². The number of aromatic nitrogens is 5. The second kappa shape index (κ2) is 8.61. The van der Waals surface area contributed by atoms with Crippen LogP contribution in [0.4, 0.5) is 11.5 Å². The Hall–Kier alpha value is -3.81. The highest BCUT2D eigenvalue weighted by Gasteiger charge is 2.30. The summed E-state index contributed by atoms with van der Waals surface area (Å²) >= 11 is 0. The van der Waals surface area contributed by atoms with E-state index >= 15 is 0 Å². The standard InChI is InChI=1S/C25H27N7O/c1-15-8-19(11-26-10-15)29-24-9-22(21-12-27-13-23-20(21)6-7-28-23)30-25(31-24)18-5-4-16(2)32(14-18)17(3)33/h6-13,16,18,28H,4-5,14H2,1-3H3,(H,29,30,31)/t16-,18+/m0/s1. The van der Waals surface area contributed by atoms with Crippen molar-refractivity contribution in [3.8, 4) is 11.3 Å². The second-order valence-corrected chi connectivity index (χ2v) is 8.79. The van der Waals surface area contributed by atoms with Crippen molar-refractivity contribution in [1.82, 2.24) is 29.8 Å². The van der Waals surface area contributed by atoms with Crippen LogP contribution in [0.5, 0.6) is 0 Å². The molecule has 0 aliphatic carbocycles. The Kier molecular flexibility index (Phi) is 5.50. The molecule has 2 atom stereocenters. The van der Waals surface area contributed by atoms with Gasteiger partial charge in [0.25, 0.3) is 0 Å². The van der Waals surface area contributed by atoms with Gasteiger partial charge in [-0.1, -0.05) is 0 Å². The SMILES string of the molecule is CC(=O)N1C[C@H](c2nc(Nc3cncc(C)c3)cc(-c3cncc4[nH]ccc34)n2)CC[C@@H]1C. The lowest BCUT2D eigenvalue weighted by Crippen LogP contribution is -2.44. The number of aryl methyl sites for hydroxylation is 1. The normalized spacial score (nSPS) is 18.5. The highest BCUT2D eigenvalue weighted by molar-refractivity contribution is 5.93. The van der Waals surface area contributed by atoms with Crippen molar-refractivity contribution in [2.45, 2.75) is 45.6 Å². The first kappa shape index (κ1) is 21.1. The molecule has 4 aromatic rings. The van der Waals surface area contributed by atoms with Crippen LogP contribution in [0.3, 0.4) is 0 Å². The van der Waals surface area contributed by atoms with E-state index in [-0.39, 0.29) is 17.9 Å². The van der Waals surface area contributed by atoms with Gasteiger partial charge in [0, 0.05) is 61.0 Å². The van der Waals surface area contributed by atoms with Crippen LogP contribution in [0.1, 0.15) is 44.0 Å². The number of hydrogen-bond acceptors (Lipinski definition) is 6. The van der Waals surface area contributed by atoms with Gasteiger partial charge in [0.15, 0.2) is 0 Å². The van der Waals surface area contributed by atoms with Crippen LogP contribution in [0.25, 0.3) is 22.2 Å². The quantitative estimate of drug-likeness (QED) is 0.481. The number of nitrogens with zero attached hydrogens (tertiary/aromatic N) is 5. The first-order chi connectivity index (χ1) is 16.0. The molecule has 0 radical (unpaired) electrons. The molecule has 1 saturated heterocycles. The molecule has 4 aromatic heterocycles. The number of likely N-dealkylation sites (tertiary alicyclic amines) is 1.